The topological polar surface area (TPSA) is 20.3 Å². The van der Waals surface area contributed by atoms with Crippen molar-refractivity contribution in [2.24, 2.45) is 5.92 Å². The van der Waals surface area contributed by atoms with Gasteiger partial charge in [0, 0.05) is 5.92 Å². The molecule has 58 valence electrons. The molecule has 0 aromatic heterocycles. The van der Waals surface area contributed by atoms with Crippen molar-refractivity contribution < 1.29 is 4.79 Å². The molecule has 1 aliphatic heterocycles. The molecular weight excluding hydrogens is 126 g/mol. The molecule has 0 aromatic rings. The number of rotatable bonds is 1. The number of carbonyl (C=O) groups is 1. The molecule has 0 spiro atoms. The third-order valence-electron chi connectivity index (χ3n) is 2.19. The van der Waals surface area contributed by atoms with Gasteiger partial charge in [0.15, 0.2) is 0 Å². The molecule has 0 bridgehead atoms. The maximum Gasteiger partial charge on any atom is 0.123 e. The van der Waals surface area contributed by atoms with Gasteiger partial charge in [0.05, 0.1) is 0 Å². The smallest absolute Gasteiger partial charge is 0.123 e. The number of hydrogen-bond donors (Lipinski definition) is 0. The number of hydrogen-bond acceptors (Lipinski definition) is 2. The predicted octanol–water partition coefficient (Wildman–Crippen LogP) is 0.917. The summed E-state index contributed by atoms with van der Waals surface area (Å²) >= 11 is 0. The van der Waals surface area contributed by atoms with Crippen LogP contribution >= 0.6 is 0 Å². The standard InChI is InChI=1S/C8H15NO/c1-9-5-2-3-8(7-10)4-6-9/h7-8H,2-6H2,1H3/t8-/m1/s1. The van der Waals surface area contributed by atoms with Crippen molar-refractivity contribution in [1.29, 1.82) is 0 Å². The maximum absolute atomic E-state index is 10.4. The van der Waals surface area contributed by atoms with Crippen molar-refractivity contribution in [3.8, 4) is 0 Å². The molecule has 0 aliphatic carbocycles. The minimum atomic E-state index is 0.338. The fraction of sp³-hybridized carbons (Fsp3) is 0.875. The Morgan fingerprint density at radius 2 is 2.20 bits per heavy atom. The highest BCUT2D eigenvalue weighted by molar-refractivity contribution is 5.53. The van der Waals surface area contributed by atoms with E-state index in [1.807, 2.05) is 0 Å². The first-order valence-electron chi connectivity index (χ1n) is 3.97. The van der Waals surface area contributed by atoms with E-state index in [0.29, 0.717) is 5.92 Å². The zero-order valence-corrected chi connectivity index (χ0v) is 6.55. The average Bonchev–Trinajstić information content (AvgIpc) is 2.14. The van der Waals surface area contributed by atoms with Gasteiger partial charge < -0.3 is 9.69 Å². The summed E-state index contributed by atoms with van der Waals surface area (Å²) in [7, 11) is 2.12. The van der Waals surface area contributed by atoms with Gasteiger partial charge in [-0.3, -0.25) is 0 Å². The number of nitrogens with zero attached hydrogens (tertiary/aromatic N) is 1. The lowest BCUT2D eigenvalue weighted by atomic mass is 10.0. The number of carbonyl (C=O) groups excluding carboxylic acids is 1. The van der Waals surface area contributed by atoms with Gasteiger partial charge in [0.25, 0.3) is 0 Å². The Balaban J connectivity index is 2.32. The predicted molar refractivity (Wildman–Crippen MR) is 40.9 cm³/mol. The summed E-state index contributed by atoms with van der Waals surface area (Å²) in [6.07, 6.45) is 4.44. The van der Waals surface area contributed by atoms with Gasteiger partial charge in [-0.15, -0.1) is 0 Å². The van der Waals surface area contributed by atoms with E-state index in [1.54, 1.807) is 0 Å². The van der Waals surface area contributed by atoms with Crippen LogP contribution < -0.4 is 0 Å². The van der Waals surface area contributed by atoms with Crippen molar-refractivity contribution in [3.05, 3.63) is 0 Å². The average molecular weight is 141 g/mol. The normalized spacial score (nSPS) is 29.5. The minimum absolute atomic E-state index is 0.338. The van der Waals surface area contributed by atoms with E-state index in [-0.39, 0.29) is 0 Å². The molecule has 0 N–H and O–H groups in total. The second-order valence-electron chi connectivity index (χ2n) is 3.13. The Labute approximate surface area is 62.2 Å². The van der Waals surface area contributed by atoms with Crippen LogP contribution in [0.15, 0.2) is 0 Å². The number of likely N-dealkylation sites (tertiary alicyclic amines) is 1. The Kier molecular flexibility index (Phi) is 2.87. The van der Waals surface area contributed by atoms with Crippen molar-refractivity contribution >= 4 is 6.29 Å². The molecule has 0 unspecified atom stereocenters. The van der Waals surface area contributed by atoms with Gasteiger partial charge >= 0.3 is 0 Å². The zero-order valence-electron chi connectivity index (χ0n) is 6.55. The quantitative estimate of drug-likeness (QED) is 0.506. The van der Waals surface area contributed by atoms with E-state index in [9.17, 15) is 4.79 Å². The molecule has 1 rings (SSSR count). The van der Waals surface area contributed by atoms with E-state index in [1.165, 1.54) is 6.42 Å². The molecule has 2 heteroatoms. The molecule has 2 nitrogen and oxygen atoms in total. The Hall–Kier alpha value is -0.370. The molecule has 0 saturated carbocycles. The number of aldehydes is 1. The van der Waals surface area contributed by atoms with E-state index < -0.39 is 0 Å². The van der Waals surface area contributed by atoms with Crippen molar-refractivity contribution in [3.63, 3.8) is 0 Å². The lowest BCUT2D eigenvalue weighted by molar-refractivity contribution is -0.111. The molecule has 1 heterocycles. The van der Waals surface area contributed by atoms with E-state index >= 15 is 0 Å². The maximum atomic E-state index is 10.4. The summed E-state index contributed by atoms with van der Waals surface area (Å²) in [5.74, 6) is 0.338. The monoisotopic (exact) mass is 141 g/mol. The van der Waals surface area contributed by atoms with Crippen LogP contribution in [0.3, 0.4) is 0 Å². The van der Waals surface area contributed by atoms with Gasteiger partial charge in [-0.05, 0) is 39.4 Å². The van der Waals surface area contributed by atoms with Gasteiger partial charge in [-0.1, -0.05) is 0 Å². The van der Waals surface area contributed by atoms with Crippen LogP contribution in [0.4, 0.5) is 0 Å². The highest BCUT2D eigenvalue weighted by Gasteiger charge is 2.12. The Morgan fingerprint density at radius 1 is 1.40 bits per heavy atom. The summed E-state index contributed by atoms with van der Waals surface area (Å²) in [5, 5.41) is 0. The van der Waals surface area contributed by atoms with Crippen molar-refractivity contribution in [2.75, 3.05) is 20.1 Å². The van der Waals surface area contributed by atoms with E-state index in [0.717, 1.165) is 32.2 Å². The molecule has 1 atom stereocenters. The third kappa shape index (κ3) is 2.10. The van der Waals surface area contributed by atoms with Gasteiger partial charge in [0.1, 0.15) is 6.29 Å². The summed E-state index contributed by atoms with van der Waals surface area (Å²) in [6.45, 7) is 2.24. The van der Waals surface area contributed by atoms with Gasteiger partial charge in [-0.2, -0.15) is 0 Å². The molecule has 1 aliphatic rings. The Bertz CT molecular complexity index is 114. The van der Waals surface area contributed by atoms with Crippen LogP contribution in [0.2, 0.25) is 0 Å². The second kappa shape index (κ2) is 3.71. The summed E-state index contributed by atoms with van der Waals surface area (Å²) in [4.78, 5) is 12.7. The first-order valence-corrected chi connectivity index (χ1v) is 3.97. The molecule has 1 saturated heterocycles. The van der Waals surface area contributed by atoms with Crippen molar-refractivity contribution in [2.45, 2.75) is 19.3 Å². The van der Waals surface area contributed by atoms with Crippen LogP contribution in [0.5, 0.6) is 0 Å². The van der Waals surface area contributed by atoms with Crippen LogP contribution in [-0.4, -0.2) is 31.3 Å². The summed E-state index contributed by atoms with van der Waals surface area (Å²) in [6, 6.07) is 0. The van der Waals surface area contributed by atoms with Crippen molar-refractivity contribution in [1.82, 2.24) is 4.90 Å². The van der Waals surface area contributed by atoms with Crippen LogP contribution in [0.1, 0.15) is 19.3 Å². The lowest BCUT2D eigenvalue weighted by Crippen LogP contribution is -2.18. The van der Waals surface area contributed by atoms with Gasteiger partial charge in [-0.25, -0.2) is 0 Å². The highest BCUT2D eigenvalue weighted by Crippen LogP contribution is 2.13. The molecule has 0 aromatic carbocycles. The molecule has 0 radical (unpaired) electrons. The second-order valence-corrected chi connectivity index (χ2v) is 3.13. The molecular formula is C8H15NO. The minimum Gasteiger partial charge on any atom is -0.306 e. The highest BCUT2D eigenvalue weighted by atomic mass is 16.1. The SMILES string of the molecule is CN1CCC[C@@H](C=O)CC1. The van der Waals surface area contributed by atoms with Crippen LogP contribution in [-0.2, 0) is 4.79 Å². The fourth-order valence-corrected chi connectivity index (χ4v) is 1.40. The first-order chi connectivity index (χ1) is 4.83. The zero-order chi connectivity index (χ0) is 7.40. The van der Waals surface area contributed by atoms with E-state index in [2.05, 4.69) is 11.9 Å². The van der Waals surface area contributed by atoms with Gasteiger partial charge in [0.2, 0.25) is 0 Å². The summed E-state index contributed by atoms with van der Waals surface area (Å²) < 4.78 is 0. The molecule has 10 heavy (non-hydrogen) atoms. The third-order valence-corrected chi connectivity index (χ3v) is 2.19. The lowest BCUT2D eigenvalue weighted by Gasteiger charge is -2.11. The molecule has 0 amide bonds. The van der Waals surface area contributed by atoms with Crippen LogP contribution in [0.25, 0.3) is 0 Å². The Morgan fingerprint density at radius 3 is 2.90 bits per heavy atom. The largest absolute Gasteiger partial charge is 0.306 e. The molecule has 1 fully saturated rings. The summed E-state index contributed by atoms with van der Waals surface area (Å²) in [5.41, 5.74) is 0. The first kappa shape index (κ1) is 7.73. The van der Waals surface area contributed by atoms with E-state index in [4.69, 9.17) is 0 Å². The fourth-order valence-electron chi connectivity index (χ4n) is 1.40. The van der Waals surface area contributed by atoms with Crippen LogP contribution in [0, 0.1) is 5.92 Å².